The lowest BCUT2D eigenvalue weighted by atomic mass is 10.1. The largest absolute Gasteiger partial charge is 0.495 e. The number of halogens is 1. The van der Waals surface area contributed by atoms with Gasteiger partial charge in [0, 0.05) is 18.4 Å². The number of amides is 1. The van der Waals surface area contributed by atoms with Gasteiger partial charge in [0.25, 0.3) is 5.91 Å². The molecule has 0 fully saturated rings. The first-order valence-corrected chi connectivity index (χ1v) is 9.42. The summed E-state index contributed by atoms with van der Waals surface area (Å²) in [5.41, 5.74) is 2.59. The molecule has 5 nitrogen and oxygen atoms in total. The highest BCUT2D eigenvalue weighted by Crippen LogP contribution is 2.28. The zero-order chi connectivity index (χ0) is 19.8. The number of pyridine rings is 1. The van der Waals surface area contributed by atoms with Crippen LogP contribution in [0.3, 0.4) is 0 Å². The summed E-state index contributed by atoms with van der Waals surface area (Å²) in [5.74, 6) is 1.11. The van der Waals surface area contributed by atoms with Crippen LogP contribution in [-0.4, -0.2) is 24.5 Å². The molecule has 0 saturated carbocycles. The Kier molecular flexibility index (Phi) is 6.87. The van der Waals surface area contributed by atoms with Crippen molar-refractivity contribution in [3.63, 3.8) is 0 Å². The molecule has 3 aromatic rings. The molecule has 0 aliphatic rings. The molecule has 2 N–H and O–H groups in total. The molecule has 0 radical (unpaired) electrons. The van der Waals surface area contributed by atoms with Gasteiger partial charge in [0.2, 0.25) is 0 Å². The fourth-order valence-corrected chi connectivity index (χ4v) is 2.99. The van der Waals surface area contributed by atoms with Crippen molar-refractivity contribution in [3.05, 3.63) is 83.0 Å². The van der Waals surface area contributed by atoms with E-state index >= 15 is 0 Å². The minimum Gasteiger partial charge on any atom is -0.495 e. The number of methoxy groups -OCH3 is 1. The number of ether oxygens (including phenoxy) is 1. The number of rotatable bonds is 8. The van der Waals surface area contributed by atoms with Gasteiger partial charge >= 0.3 is 0 Å². The molecule has 0 saturated heterocycles. The number of benzene rings is 2. The van der Waals surface area contributed by atoms with Crippen molar-refractivity contribution in [1.82, 2.24) is 10.3 Å². The van der Waals surface area contributed by atoms with E-state index < -0.39 is 0 Å². The van der Waals surface area contributed by atoms with E-state index in [-0.39, 0.29) is 5.91 Å². The van der Waals surface area contributed by atoms with Crippen LogP contribution in [-0.2, 0) is 6.42 Å². The van der Waals surface area contributed by atoms with E-state index in [1.807, 2.05) is 24.3 Å². The van der Waals surface area contributed by atoms with Crippen LogP contribution in [0.5, 0.6) is 5.75 Å². The lowest BCUT2D eigenvalue weighted by molar-refractivity contribution is 0.0953. The highest BCUT2D eigenvalue weighted by atomic mass is 35.5. The second kappa shape index (κ2) is 9.76. The molecule has 0 bridgehead atoms. The number of aromatic nitrogens is 1. The predicted molar refractivity (Wildman–Crippen MR) is 113 cm³/mol. The van der Waals surface area contributed by atoms with Crippen LogP contribution in [0.4, 0.5) is 11.5 Å². The average Bonchev–Trinajstić information content (AvgIpc) is 2.72. The third-order valence-corrected chi connectivity index (χ3v) is 4.52. The molecular weight excluding hydrogens is 374 g/mol. The first-order valence-electron chi connectivity index (χ1n) is 9.04. The third-order valence-electron chi connectivity index (χ3n) is 4.22. The van der Waals surface area contributed by atoms with Gasteiger partial charge in [-0.15, -0.1) is 0 Å². The predicted octanol–water partition coefficient (Wildman–Crippen LogP) is 4.85. The molecule has 0 atom stereocenters. The fraction of sp³-hybridized carbons (Fsp3) is 0.182. The number of carbonyl (C=O) groups is 1. The van der Waals surface area contributed by atoms with E-state index in [4.69, 9.17) is 16.3 Å². The minimum absolute atomic E-state index is 0.125. The van der Waals surface area contributed by atoms with Crippen LogP contribution in [0.25, 0.3) is 0 Å². The Hall–Kier alpha value is -3.05. The van der Waals surface area contributed by atoms with Crippen molar-refractivity contribution in [3.8, 4) is 5.75 Å². The maximum Gasteiger partial charge on any atom is 0.252 e. The van der Waals surface area contributed by atoms with Crippen molar-refractivity contribution in [2.24, 2.45) is 0 Å². The molecule has 0 aliphatic heterocycles. The Bertz CT molecular complexity index is 915. The summed E-state index contributed by atoms with van der Waals surface area (Å²) in [5, 5.41) is 6.59. The Morgan fingerprint density at radius 1 is 1.11 bits per heavy atom. The summed E-state index contributed by atoms with van der Waals surface area (Å²) in [6.07, 6.45) is 3.38. The van der Waals surface area contributed by atoms with Crippen molar-refractivity contribution in [1.29, 1.82) is 0 Å². The van der Waals surface area contributed by atoms with Crippen LogP contribution in [0, 0.1) is 0 Å². The molecule has 2 aromatic carbocycles. The molecule has 28 heavy (non-hydrogen) atoms. The maximum absolute atomic E-state index is 12.2. The van der Waals surface area contributed by atoms with Gasteiger partial charge in [0.05, 0.1) is 17.7 Å². The smallest absolute Gasteiger partial charge is 0.252 e. The second-order valence-electron chi connectivity index (χ2n) is 6.25. The van der Waals surface area contributed by atoms with Crippen LogP contribution < -0.4 is 15.4 Å². The van der Waals surface area contributed by atoms with Gasteiger partial charge in [-0.05, 0) is 48.7 Å². The van der Waals surface area contributed by atoms with Crippen LogP contribution in [0.15, 0.2) is 66.9 Å². The molecule has 6 heteroatoms. The van der Waals surface area contributed by atoms with Gasteiger partial charge in [0.1, 0.15) is 11.6 Å². The lowest BCUT2D eigenvalue weighted by Gasteiger charge is -2.09. The lowest BCUT2D eigenvalue weighted by Crippen LogP contribution is -2.24. The topological polar surface area (TPSA) is 63.2 Å². The van der Waals surface area contributed by atoms with Gasteiger partial charge in [-0.1, -0.05) is 41.9 Å². The fourth-order valence-electron chi connectivity index (χ4n) is 2.74. The Morgan fingerprint density at radius 2 is 1.93 bits per heavy atom. The highest BCUT2D eigenvalue weighted by molar-refractivity contribution is 6.32. The summed E-state index contributed by atoms with van der Waals surface area (Å²) in [4.78, 5) is 16.5. The van der Waals surface area contributed by atoms with Crippen LogP contribution in [0.1, 0.15) is 22.3 Å². The Labute approximate surface area is 169 Å². The molecule has 1 aromatic heterocycles. The monoisotopic (exact) mass is 395 g/mol. The molecule has 1 amide bonds. The van der Waals surface area contributed by atoms with Gasteiger partial charge in [-0.2, -0.15) is 0 Å². The summed E-state index contributed by atoms with van der Waals surface area (Å²) >= 11 is 6.12. The van der Waals surface area contributed by atoms with E-state index in [9.17, 15) is 4.79 Å². The number of hydrogen-bond donors (Lipinski definition) is 2. The number of nitrogens with zero attached hydrogens (tertiary/aromatic N) is 1. The minimum atomic E-state index is -0.125. The van der Waals surface area contributed by atoms with E-state index in [0.29, 0.717) is 28.7 Å². The Morgan fingerprint density at radius 3 is 2.61 bits per heavy atom. The number of nitrogens with one attached hydrogen (secondary N) is 2. The van der Waals surface area contributed by atoms with Crippen molar-refractivity contribution in [2.75, 3.05) is 19.0 Å². The zero-order valence-electron chi connectivity index (χ0n) is 15.6. The average molecular weight is 396 g/mol. The molecule has 3 rings (SSSR count). The van der Waals surface area contributed by atoms with E-state index in [1.54, 1.807) is 37.6 Å². The van der Waals surface area contributed by atoms with E-state index in [1.165, 1.54) is 5.56 Å². The highest BCUT2D eigenvalue weighted by Gasteiger charge is 2.07. The van der Waals surface area contributed by atoms with E-state index in [0.717, 1.165) is 18.5 Å². The molecule has 1 heterocycles. The molecule has 0 unspecified atom stereocenters. The van der Waals surface area contributed by atoms with Gasteiger partial charge in [-0.3, -0.25) is 4.79 Å². The summed E-state index contributed by atoms with van der Waals surface area (Å²) in [6.45, 7) is 0.623. The SMILES string of the molecule is COc1ccc(Nc2ccc(C(=O)NCCCc3ccccc3)cn2)cc1Cl. The van der Waals surface area contributed by atoms with Crippen LogP contribution in [0.2, 0.25) is 5.02 Å². The van der Waals surface area contributed by atoms with Crippen molar-refractivity contribution in [2.45, 2.75) is 12.8 Å². The van der Waals surface area contributed by atoms with Crippen LogP contribution >= 0.6 is 11.6 Å². The summed E-state index contributed by atoms with van der Waals surface area (Å²) in [7, 11) is 1.57. The normalized spacial score (nSPS) is 10.4. The van der Waals surface area contributed by atoms with Gasteiger partial charge < -0.3 is 15.4 Å². The molecule has 144 valence electrons. The van der Waals surface area contributed by atoms with Gasteiger partial charge in [0.15, 0.2) is 0 Å². The third kappa shape index (κ3) is 5.47. The Balaban J connectivity index is 1.49. The molecular formula is C22H22ClN3O2. The first kappa shape index (κ1) is 19.7. The second-order valence-corrected chi connectivity index (χ2v) is 6.66. The summed E-state index contributed by atoms with van der Waals surface area (Å²) < 4.78 is 5.14. The maximum atomic E-state index is 12.2. The number of anilines is 2. The standard InChI is InChI=1S/C22H22ClN3O2/c1-28-20-11-10-18(14-19(20)23)26-21-12-9-17(15-25-21)22(27)24-13-5-8-16-6-3-2-4-7-16/h2-4,6-7,9-12,14-15H,5,8,13H2,1H3,(H,24,27)(H,25,26). The van der Waals surface area contributed by atoms with Crippen molar-refractivity contribution >= 4 is 29.0 Å². The molecule has 0 spiro atoms. The number of hydrogen-bond acceptors (Lipinski definition) is 4. The first-order chi connectivity index (χ1) is 13.7. The summed E-state index contributed by atoms with van der Waals surface area (Å²) in [6, 6.07) is 19.1. The number of aryl methyl sites for hydroxylation is 1. The number of carbonyl (C=O) groups excluding carboxylic acids is 1. The van der Waals surface area contributed by atoms with E-state index in [2.05, 4.69) is 27.8 Å². The quantitative estimate of drug-likeness (QED) is 0.535. The van der Waals surface area contributed by atoms with Gasteiger partial charge in [-0.25, -0.2) is 4.98 Å². The molecule has 0 aliphatic carbocycles. The van der Waals surface area contributed by atoms with Crippen molar-refractivity contribution < 1.29 is 9.53 Å². The zero-order valence-corrected chi connectivity index (χ0v) is 16.4.